The average Bonchev–Trinajstić information content (AvgIpc) is 2.36. The number of ether oxygens (including phenoxy) is 2. The van der Waals surface area contributed by atoms with Gasteiger partial charge in [-0.05, 0) is 19.1 Å². The quantitative estimate of drug-likeness (QED) is 0.441. The lowest BCUT2D eigenvalue weighted by Gasteiger charge is -2.06. The van der Waals surface area contributed by atoms with Crippen molar-refractivity contribution < 1.29 is 23.5 Å². The summed E-state index contributed by atoms with van der Waals surface area (Å²) in [5.41, 5.74) is 0.309. The molecule has 4 nitrogen and oxygen atoms in total. The van der Waals surface area contributed by atoms with E-state index >= 15 is 0 Å². The smallest absolute Gasteiger partial charge is 0.337 e. The predicted octanol–water partition coefficient (Wildman–Crippen LogP) is 1.95. The standard InChI is InChI=1S/C13H13FO4/c1-2-18-13(16)11(8-17-9-15)7-10-5-3-4-6-12(10)14/h3-7,9H,2,8H2,1H3/b11-7+. The minimum absolute atomic E-state index is 0.0778. The van der Waals surface area contributed by atoms with E-state index in [1.54, 1.807) is 19.1 Å². The molecule has 0 unspecified atom stereocenters. The summed E-state index contributed by atoms with van der Waals surface area (Å²) in [4.78, 5) is 21.7. The van der Waals surface area contributed by atoms with Crippen LogP contribution in [0.2, 0.25) is 0 Å². The predicted molar refractivity (Wildman–Crippen MR) is 63.0 cm³/mol. The molecule has 18 heavy (non-hydrogen) atoms. The van der Waals surface area contributed by atoms with Gasteiger partial charge < -0.3 is 9.47 Å². The molecule has 0 fully saturated rings. The van der Waals surface area contributed by atoms with Gasteiger partial charge in [0.05, 0.1) is 12.2 Å². The summed E-state index contributed by atoms with van der Waals surface area (Å²) < 4.78 is 22.7. The summed E-state index contributed by atoms with van der Waals surface area (Å²) in [6.07, 6.45) is 1.30. The maximum absolute atomic E-state index is 13.4. The molecule has 0 atom stereocenters. The first-order valence-electron chi connectivity index (χ1n) is 5.36. The number of hydrogen-bond donors (Lipinski definition) is 0. The zero-order chi connectivity index (χ0) is 13.4. The van der Waals surface area contributed by atoms with Gasteiger partial charge in [-0.1, -0.05) is 18.2 Å². The van der Waals surface area contributed by atoms with Crippen LogP contribution in [0, 0.1) is 5.82 Å². The molecule has 1 aromatic carbocycles. The average molecular weight is 252 g/mol. The van der Waals surface area contributed by atoms with Crippen LogP contribution in [-0.4, -0.2) is 25.7 Å². The maximum Gasteiger partial charge on any atom is 0.337 e. The van der Waals surface area contributed by atoms with Crippen LogP contribution in [0.25, 0.3) is 6.08 Å². The first kappa shape index (κ1) is 13.9. The summed E-state index contributed by atoms with van der Waals surface area (Å²) in [5.74, 6) is -1.10. The second-order valence-corrected chi connectivity index (χ2v) is 3.32. The van der Waals surface area contributed by atoms with Crippen molar-refractivity contribution in [1.82, 2.24) is 0 Å². The first-order valence-corrected chi connectivity index (χ1v) is 5.36. The minimum atomic E-state index is -0.636. The molecule has 0 aromatic heterocycles. The van der Waals surface area contributed by atoms with E-state index in [0.717, 1.165) is 0 Å². The van der Waals surface area contributed by atoms with Gasteiger partial charge >= 0.3 is 5.97 Å². The normalized spacial score (nSPS) is 10.9. The molecule has 0 radical (unpaired) electrons. The Kier molecular flexibility index (Phi) is 5.57. The molecule has 5 heteroatoms. The van der Waals surface area contributed by atoms with Gasteiger partial charge in [0, 0.05) is 5.56 Å². The molecule has 0 bridgehead atoms. The van der Waals surface area contributed by atoms with E-state index in [2.05, 4.69) is 4.74 Å². The van der Waals surface area contributed by atoms with Crippen LogP contribution < -0.4 is 0 Å². The summed E-state index contributed by atoms with van der Waals surface area (Å²) in [6, 6.07) is 5.96. The Labute approximate surface area is 104 Å². The fraction of sp³-hybridized carbons (Fsp3) is 0.231. The van der Waals surface area contributed by atoms with E-state index in [4.69, 9.17) is 4.74 Å². The van der Waals surface area contributed by atoms with Crippen LogP contribution in [0.15, 0.2) is 29.8 Å². The molecule has 0 saturated heterocycles. The minimum Gasteiger partial charge on any atom is -0.463 e. The molecule has 1 rings (SSSR count). The zero-order valence-electron chi connectivity index (χ0n) is 9.89. The van der Waals surface area contributed by atoms with Gasteiger partial charge in [0.1, 0.15) is 12.4 Å². The van der Waals surface area contributed by atoms with Gasteiger partial charge in [0.2, 0.25) is 0 Å². The van der Waals surface area contributed by atoms with Crippen LogP contribution >= 0.6 is 0 Å². The lowest BCUT2D eigenvalue weighted by molar-refractivity contribution is -0.139. The Morgan fingerprint density at radius 3 is 2.72 bits per heavy atom. The van der Waals surface area contributed by atoms with Crippen LogP contribution in [-0.2, 0) is 19.1 Å². The van der Waals surface area contributed by atoms with Gasteiger partial charge in [0.25, 0.3) is 6.47 Å². The molecule has 0 aliphatic carbocycles. The van der Waals surface area contributed by atoms with Crippen molar-refractivity contribution >= 4 is 18.5 Å². The Balaban J connectivity index is 2.97. The molecule has 0 spiro atoms. The Morgan fingerprint density at radius 2 is 2.11 bits per heavy atom. The van der Waals surface area contributed by atoms with Crippen molar-refractivity contribution in [2.75, 3.05) is 13.2 Å². The molecule has 0 heterocycles. The van der Waals surface area contributed by atoms with E-state index in [1.807, 2.05) is 0 Å². The molecule has 0 saturated carbocycles. The van der Waals surface area contributed by atoms with E-state index in [-0.39, 0.29) is 30.8 Å². The Morgan fingerprint density at radius 1 is 1.39 bits per heavy atom. The van der Waals surface area contributed by atoms with Crippen molar-refractivity contribution in [3.63, 3.8) is 0 Å². The monoisotopic (exact) mass is 252 g/mol. The molecule has 1 aromatic rings. The fourth-order valence-corrected chi connectivity index (χ4v) is 1.29. The summed E-state index contributed by atoms with van der Waals surface area (Å²) in [7, 11) is 0. The zero-order valence-corrected chi connectivity index (χ0v) is 9.89. The van der Waals surface area contributed by atoms with Crippen LogP contribution in [0.1, 0.15) is 12.5 Å². The van der Waals surface area contributed by atoms with Gasteiger partial charge in [-0.25, -0.2) is 9.18 Å². The summed E-state index contributed by atoms with van der Waals surface area (Å²) >= 11 is 0. The molecule has 0 aliphatic rings. The van der Waals surface area contributed by atoms with Gasteiger partial charge in [-0.15, -0.1) is 0 Å². The topological polar surface area (TPSA) is 52.6 Å². The molecule has 96 valence electrons. The molecule has 0 N–H and O–H groups in total. The second-order valence-electron chi connectivity index (χ2n) is 3.32. The maximum atomic E-state index is 13.4. The molecule has 0 aliphatic heterocycles. The van der Waals surface area contributed by atoms with Gasteiger partial charge in [0.15, 0.2) is 0 Å². The van der Waals surface area contributed by atoms with Crippen molar-refractivity contribution in [1.29, 1.82) is 0 Å². The highest BCUT2D eigenvalue weighted by Gasteiger charge is 2.12. The highest BCUT2D eigenvalue weighted by Crippen LogP contribution is 2.12. The largest absolute Gasteiger partial charge is 0.463 e. The first-order chi connectivity index (χ1) is 8.69. The molecular formula is C13H13FO4. The van der Waals surface area contributed by atoms with Crippen molar-refractivity contribution in [3.05, 3.63) is 41.2 Å². The van der Waals surface area contributed by atoms with E-state index < -0.39 is 11.8 Å². The van der Waals surface area contributed by atoms with Crippen molar-refractivity contribution in [2.24, 2.45) is 0 Å². The summed E-state index contributed by atoms with van der Waals surface area (Å²) in [6.45, 7) is 1.80. The number of carbonyl (C=O) groups excluding carboxylic acids is 2. The van der Waals surface area contributed by atoms with Gasteiger partial charge in [-0.2, -0.15) is 0 Å². The highest BCUT2D eigenvalue weighted by atomic mass is 19.1. The second kappa shape index (κ2) is 7.21. The van der Waals surface area contributed by atoms with Crippen LogP contribution in [0.4, 0.5) is 4.39 Å². The fourth-order valence-electron chi connectivity index (χ4n) is 1.29. The Hall–Kier alpha value is -2.17. The molecule has 0 amide bonds. The number of carbonyl (C=O) groups is 2. The van der Waals surface area contributed by atoms with Crippen molar-refractivity contribution in [2.45, 2.75) is 6.92 Å². The Bertz CT molecular complexity index is 454. The third-order valence-electron chi connectivity index (χ3n) is 2.08. The third kappa shape index (κ3) is 4.01. The van der Waals surface area contributed by atoms with E-state index in [0.29, 0.717) is 0 Å². The number of hydrogen-bond acceptors (Lipinski definition) is 4. The van der Waals surface area contributed by atoms with Gasteiger partial charge in [-0.3, -0.25) is 4.79 Å². The third-order valence-corrected chi connectivity index (χ3v) is 2.08. The molecular weight excluding hydrogens is 239 g/mol. The summed E-state index contributed by atoms with van der Waals surface area (Å²) in [5, 5.41) is 0. The SMILES string of the molecule is CCOC(=O)/C(=C/c1ccccc1F)COC=O. The van der Waals surface area contributed by atoms with E-state index in [1.165, 1.54) is 18.2 Å². The lowest BCUT2D eigenvalue weighted by Crippen LogP contribution is -2.12. The van der Waals surface area contributed by atoms with E-state index in [9.17, 15) is 14.0 Å². The van der Waals surface area contributed by atoms with Crippen molar-refractivity contribution in [3.8, 4) is 0 Å². The number of halogens is 1. The van der Waals surface area contributed by atoms with Crippen LogP contribution in [0.5, 0.6) is 0 Å². The van der Waals surface area contributed by atoms with Crippen LogP contribution in [0.3, 0.4) is 0 Å². The number of rotatable bonds is 6. The number of benzene rings is 1. The number of esters is 1. The highest BCUT2D eigenvalue weighted by molar-refractivity contribution is 5.94. The lowest BCUT2D eigenvalue weighted by atomic mass is 10.1.